The fourth-order valence-electron chi connectivity index (χ4n) is 5.70. The van der Waals surface area contributed by atoms with Gasteiger partial charge in [0.25, 0.3) is 5.91 Å². The summed E-state index contributed by atoms with van der Waals surface area (Å²) in [4.78, 5) is 23.6. The van der Waals surface area contributed by atoms with Crippen LogP contribution in [0.1, 0.15) is 57.0 Å². The van der Waals surface area contributed by atoms with Gasteiger partial charge in [0.15, 0.2) is 5.11 Å². The maximum atomic E-state index is 13.5. The van der Waals surface area contributed by atoms with E-state index in [1.807, 2.05) is 32.0 Å². The zero-order chi connectivity index (χ0) is 26.3. The number of hydrogen-bond donors (Lipinski definition) is 1. The lowest BCUT2D eigenvalue weighted by Gasteiger charge is -2.37. The van der Waals surface area contributed by atoms with Crippen molar-refractivity contribution in [2.24, 2.45) is 0 Å². The molecule has 2 atom stereocenters. The van der Waals surface area contributed by atoms with Gasteiger partial charge < -0.3 is 19.5 Å². The lowest BCUT2D eigenvalue weighted by Crippen LogP contribution is -2.44. The number of ether oxygens (including phenoxy) is 1. The van der Waals surface area contributed by atoms with Crippen LogP contribution >= 0.6 is 28.1 Å². The maximum Gasteiger partial charge on any atom is 0.252 e. The molecule has 8 heteroatoms. The highest BCUT2D eigenvalue weighted by Crippen LogP contribution is 2.45. The normalized spacial score (nSPS) is 19.3. The van der Waals surface area contributed by atoms with Gasteiger partial charge in [0.2, 0.25) is 0 Å². The minimum absolute atomic E-state index is 0.0163. The van der Waals surface area contributed by atoms with Gasteiger partial charge in [0.1, 0.15) is 11.8 Å². The number of H-pyrrole nitrogens is 1. The number of nitrogens with zero attached hydrogens (tertiary/aromatic N) is 3. The van der Waals surface area contributed by atoms with Gasteiger partial charge in [0.05, 0.1) is 12.6 Å². The molecule has 1 amide bonds. The van der Waals surface area contributed by atoms with Crippen LogP contribution in [-0.2, 0) is 11.2 Å². The molecule has 0 radical (unpaired) electrons. The zero-order valence-corrected chi connectivity index (χ0v) is 24.4. The third-order valence-corrected chi connectivity index (χ3v) is 8.53. The Kier molecular flexibility index (Phi) is 7.61. The fourth-order valence-corrected chi connectivity index (χ4v) is 6.60. The molecular formula is C29H35BrN4O2S. The lowest BCUT2D eigenvalue weighted by molar-refractivity contribution is -0.129. The molecule has 3 aromatic rings. The van der Waals surface area contributed by atoms with E-state index in [9.17, 15) is 4.79 Å². The first-order chi connectivity index (χ1) is 17.8. The zero-order valence-electron chi connectivity index (χ0n) is 22.0. The third-order valence-electron chi connectivity index (χ3n) is 7.63. The van der Waals surface area contributed by atoms with Crippen molar-refractivity contribution in [3.8, 4) is 5.75 Å². The van der Waals surface area contributed by atoms with Gasteiger partial charge in [-0.25, -0.2) is 0 Å². The van der Waals surface area contributed by atoms with E-state index in [-0.39, 0.29) is 24.0 Å². The molecule has 5 rings (SSSR count). The van der Waals surface area contributed by atoms with Crippen LogP contribution in [-0.4, -0.2) is 69.0 Å². The maximum absolute atomic E-state index is 13.5. The van der Waals surface area contributed by atoms with Crippen molar-refractivity contribution in [1.82, 2.24) is 19.7 Å². The van der Waals surface area contributed by atoms with E-state index < -0.39 is 0 Å². The quantitative estimate of drug-likeness (QED) is 0.252. The summed E-state index contributed by atoms with van der Waals surface area (Å²) in [5.41, 5.74) is 4.47. The summed E-state index contributed by atoms with van der Waals surface area (Å²) in [5.74, 6) is 0.952. The van der Waals surface area contributed by atoms with Crippen LogP contribution < -0.4 is 4.74 Å². The molecule has 2 aliphatic heterocycles. The molecule has 1 saturated heterocycles. The van der Waals surface area contributed by atoms with Crippen LogP contribution in [0.5, 0.6) is 5.75 Å². The lowest BCUT2D eigenvalue weighted by atomic mass is 9.89. The van der Waals surface area contributed by atoms with E-state index in [1.54, 1.807) is 4.90 Å². The Morgan fingerprint density at radius 2 is 1.89 bits per heavy atom. The number of carbonyl (C=O) groups is 1. The number of benzene rings is 2. The number of thiocarbonyl (C=S) groups is 1. The molecule has 1 fully saturated rings. The predicted molar refractivity (Wildman–Crippen MR) is 156 cm³/mol. The fraction of sp³-hybridized carbons (Fsp3) is 0.448. The van der Waals surface area contributed by atoms with Crippen molar-refractivity contribution >= 4 is 50.1 Å². The summed E-state index contributed by atoms with van der Waals surface area (Å²) in [6, 6.07) is 14.1. The third kappa shape index (κ3) is 4.79. The Bertz CT molecular complexity index is 1300. The largest absolute Gasteiger partial charge is 0.494 e. The first kappa shape index (κ1) is 26.2. The topological polar surface area (TPSA) is 51.8 Å². The van der Waals surface area contributed by atoms with E-state index in [4.69, 9.17) is 17.0 Å². The number of nitrogens with one attached hydrogen (secondary N) is 1. The number of aromatic nitrogens is 1. The number of fused-ring (bicyclic) bond motifs is 4. The Morgan fingerprint density at radius 1 is 1.16 bits per heavy atom. The summed E-state index contributed by atoms with van der Waals surface area (Å²) in [7, 11) is 0. The van der Waals surface area contributed by atoms with Gasteiger partial charge in [0, 0.05) is 40.1 Å². The van der Waals surface area contributed by atoms with Crippen LogP contribution in [0.4, 0.5) is 0 Å². The molecule has 6 nitrogen and oxygen atoms in total. The second kappa shape index (κ2) is 10.8. The average molecular weight is 584 g/mol. The minimum atomic E-state index is -0.304. The van der Waals surface area contributed by atoms with E-state index in [0.29, 0.717) is 18.1 Å². The summed E-state index contributed by atoms with van der Waals surface area (Å²) in [6.07, 6.45) is 1.63. The molecule has 0 spiro atoms. The van der Waals surface area contributed by atoms with Gasteiger partial charge in [-0.1, -0.05) is 41.9 Å². The van der Waals surface area contributed by atoms with Crippen LogP contribution in [0.15, 0.2) is 46.9 Å². The standard InChI is InChI=1S/C29H35BrN4O2S/c1-5-32(6-2)14-7-15-36-21-11-8-19(9-12-21)27-26-23(22-16-20(30)10-13-24(22)31-26)17-25-28(35)33(18(3)4)29(37)34(25)27/h8-13,16,18,25,27,31H,5-7,14-15,17H2,1-4H3. The number of halogens is 1. The number of rotatable bonds is 9. The molecule has 37 heavy (non-hydrogen) atoms. The SMILES string of the molecule is CCN(CC)CCCOc1ccc(C2c3[nH]c4ccc(Br)cc4c3CC3C(=O)N(C(C)C)C(=S)N32)cc1. The van der Waals surface area contributed by atoms with E-state index >= 15 is 0 Å². The van der Waals surface area contributed by atoms with Crippen molar-refractivity contribution in [3.63, 3.8) is 0 Å². The summed E-state index contributed by atoms with van der Waals surface area (Å²) < 4.78 is 7.08. The molecule has 1 aromatic heterocycles. The molecule has 0 aliphatic carbocycles. The van der Waals surface area contributed by atoms with E-state index in [1.165, 1.54) is 5.56 Å². The monoisotopic (exact) mass is 582 g/mol. The Balaban J connectivity index is 1.46. The highest BCUT2D eigenvalue weighted by molar-refractivity contribution is 9.10. The molecule has 3 heterocycles. The van der Waals surface area contributed by atoms with Crippen LogP contribution in [0.3, 0.4) is 0 Å². The molecule has 196 valence electrons. The van der Waals surface area contributed by atoms with Crippen LogP contribution in [0, 0.1) is 0 Å². The minimum Gasteiger partial charge on any atom is -0.494 e. The predicted octanol–water partition coefficient (Wildman–Crippen LogP) is 5.89. The van der Waals surface area contributed by atoms with Crippen molar-refractivity contribution in [3.05, 3.63) is 63.8 Å². The number of aromatic amines is 1. The van der Waals surface area contributed by atoms with Gasteiger partial charge in [-0.2, -0.15) is 0 Å². The smallest absolute Gasteiger partial charge is 0.252 e. The molecule has 2 unspecified atom stereocenters. The first-order valence-corrected chi connectivity index (χ1v) is 14.4. The molecule has 0 bridgehead atoms. The number of carbonyl (C=O) groups excluding carboxylic acids is 1. The summed E-state index contributed by atoms with van der Waals surface area (Å²) in [6.45, 7) is 12.3. The molecule has 2 aliphatic rings. The Morgan fingerprint density at radius 3 is 2.57 bits per heavy atom. The van der Waals surface area contributed by atoms with Gasteiger partial charge in [-0.3, -0.25) is 9.69 Å². The molecule has 2 aromatic carbocycles. The Labute approximate surface area is 233 Å². The van der Waals surface area contributed by atoms with Crippen LogP contribution in [0.25, 0.3) is 10.9 Å². The van der Waals surface area contributed by atoms with Crippen molar-refractivity contribution in [1.29, 1.82) is 0 Å². The summed E-state index contributed by atoms with van der Waals surface area (Å²) >= 11 is 9.54. The van der Waals surface area contributed by atoms with Gasteiger partial charge >= 0.3 is 0 Å². The highest BCUT2D eigenvalue weighted by atomic mass is 79.9. The van der Waals surface area contributed by atoms with E-state index in [2.05, 4.69) is 68.8 Å². The Hall–Kier alpha value is -2.42. The van der Waals surface area contributed by atoms with Crippen LogP contribution in [0.2, 0.25) is 0 Å². The number of amides is 1. The molecular weight excluding hydrogens is 548 g/mol. The van der Waals surface area contributed by atoms with Crippen molar-refractivity contribution < 1.29 is 9.53 Å². The van der Waals surface area contributed by atoms with Gasteiger partial charge in [-0.15, -0.1) is 0 Å². The second-order valence-electron chi connectivity index (χ2n) is 10.1. The molecule has 0 saturated carbocycles. The first-order valence-electron chi connectivity index (χ1n) is 13.2. The highest BCUT2D eigenvalue weighted by Gasteiger charge is 2.51. The number of hydrogen-bond acceptors (Lipinski definition) is 4. The van der Waals surface area contributed by atoms with Crippen molar-refractivity contribution in [2.45, 2.75) is 58.7 Å². The molecule has 1 N–H and O–H groups in total. The van der Waals surface area contributed by atoms with E-state index in [0.717, 1.165) is 58.4 Å². The average Bonchev–Trinajstić information content (AvgIpc) is 3.37. The summed E-state index contributed by atoms with van der Waals surface area (Å²) in [5, 5.41) is 1.76. The van der Waals surface area contributed by atoms with Crippen molar-refractivity contribution in [2.75, 3.05) is 26.2 Å². The second-order valence-corrected chi connectivity index (χ2v) is 11.4. The van der Waals surface area contributed by atoms with Gasteiger partial charge in [-0.05, 0) is 87.0 Å².